The molecule has 10 nitrogen and oxygen atoms in total. The number of anilines is 3. The van der Waals surface area contributed by atoms with Crippen LogP contribution in [0.1, 0.15) is 36.0 Å². The smallest absolute Gasteiger partial charge is 0.254 e. The maximum atomic E-state index is 11.8. The van der Waals surface area contributed by atoms with E-state index in [0.29, 0.717) is 17.7 Å². The van der Waals surface area contributed by atoms with Crippen molar-refractivity contribution in [3.8, 4) is 11.5 Å². The van der Waals surface area contributed by atoms with E-state index in [-0.39, 0.29) is 17.6 Å². The van der Waals surface area contributed by atoms with Gasteiger partial charge in [-0.25, -0.2) is 4.98 Å². The number of hydrogen-bond donors (Lipinski definition) is 4. The van der Waals surface area contributed by atoms with Gasteiger partial charge in [0.1, 0.15) is 11.4 Å². The van der Waals surface area contributed by atoms with Gasteiger partial charge < -0.3 is 26.5 Å². The van der Waals surface area contributed by atoms with Gasteiger partial charge in [-0.05, 0) is 37.1 Å². The van der Waals surface area contributed by atoms with Gasteiger partial charge in [0.25, 0.3) is 5.91 Å². The predicted octanol–water partition coefficient (Wildman–Crippen LogP) is 2.05. The Kier molecular flexibility index (Phi) is 5.34. The second-order valence-electron chi connectivity index (χ2n) is 6.97. The van der Waals surface area contributed by atoms with Gasteiger partial charge in [0, 0.05) is 29.5 Å². The van der Waals surface area contributed by atoms with Crippen LogP contribution >= 0.6 is 0 Å². The average molecular weight is 394 g/mol. The van der Waals surface area contributed by atoms with Crippen LogP contribution in [0.4, 0.5) is 17.5 Å². The van der Waals surface area contributed by atoms with Crippen molar-refractivity contribution in [3.63, 3.8) is 0 Å². The maximum absolute atomic E-state index is 11.8. The molecule has 0 radical (unpaired) electrons. The van der Waals surface area contributed by atoms with Crippen molar-refractivity contribution in [1.29, 1.82) is 0 Å². The van der Waals surface area contributed by atoms with Gasteiger partial charge in [0.2, 0.25) is 18.2 Å². The molecule has 2 unspecified atom stereocenters. The lowest BCUT2D eigenvalue weighted by atomic mass is 9.91. The largest absolute Gasteiger partial charge is 0.423 e. The molecule has 1 saturated carbocycles. The Morgan fingerprint density at radius 1 is 1.17 bits per heavy atom. The highest BCUT2D eigenvalue weighted by Crippen LogP contribution is 2.24. The summed E-state index contributed by atoms with van der Waals surface area (Å²) in [5, 5.41) is 13.9. The summed E-state index contributed by atoms with van der Waals surface area (Å²) in [4.78, 5) is 20.5. The Morgan fingerprint density at radius 3 is 2.66 bits per heavy atom. The first-order valence-corrected chi connectivity index (χ1v) is 9.43. The lowest BCUT2D eigenvalue weighted by Crippen LogP contribution is -2.43. The Balaban J connectivity index is 1.55. The summed E-state index contributed by atoms with van der Waals surface area (Å²) in [6, 6.07) is 7.43. The Bertz CT molecular complexity index is 974. The molecule has 2 atom stereocenters. The van der Waals surface area contributed by atoms with Gasteiger partial charge in [0.15, 0.2) is 0 Å². The van der Waals surface area contributed by atoms with Crippen LogP contribution in [0.5, 0.6) is 0 Å². The highest BCUT2D eigenvalue weighted by atomic mass is 16.4. The number of carbonyl (C=O) groups is 1. The first-order chi connectivity index (χ1) is 14.1. The average Bonchev–Trinajstić information content (AvgIpc) is 3.25. The molecular weight excluding hydrogens is 372 g/mol. The van der Waals surface area contributed by atoms with Gasteiger partial charge >= 0.3 is 0 Å². The fraction of sp³-hybridized carbons (Fsp3) is 0.316. The minimum absolute atomic E-state index is 0.0526. The highest BCUT2D eigenvalue weighted by molar-refractivity contribution is 5.98. The van der Waals surface area contributed by atoms with E-state index in [1.54, 1.807) is 0 Å². The Labute approximate surface area is 167 Å². The summed E-state index contributed by atoms with van der Waals surface area (Å²) in [6.07, 6.45) is 6.86. The second-order valence-corrected chi connectivity index (χ2v) is 6.97. The third-order valence-corrected chi connectivity index (χ3v) is 4.94. The predicted molar refractivity (Wildman–Crippen MR) is 107 cm³/mol. The molecule has 1 aliphatic rings. The summed E-state index contributed by atoms with van der Waals surface area (Å²) < 4.78 is 5.18. The number of aromatic nitrogens is 4. The van der Waals surface area contributed by atoms with Crippen molar-refractivity contribution in [1.82, 2.24) is 20.2 Å². The zero-order valence-corrected chi connectivity index (χ0v) is 15.7. The first-order valence-electron chi connectivity index (χ1n) is 9.43. The fourth-order valence-corrected chi connectivity index (χ4v) is 3.36. The zero-order chi connectivity index (χ0) is 20.2. The summed E-state index contributed by atoms with van der Waals surface area (Å²) >= 11 is 0. The third-order valence-electron chi connectivity index (χ3n) is 4.94. The number of benzene rings is 1. The van der Waals surface area contributed by atoms with E-state index in [2.05, 4.69) is 30.8 Å². The van der Waals surface area contributed by atoms with Gasteiger partial charge in [0.05, 0.1) is 0 Å². The Morgan fingerprint density at radius 2 is 1.97 bits per heavy atom. The lowest BCUT2D eigenvalue weighted by Gasteiger charge is -2.29. The molecule has 0 aliphatic heterocycles. The van der Waals surface area contributed by atoms with E-state index in [0.717, 1.165) is 36.9 Å². The molecule has 29 heavy (non-hydrogen) atoms. The Hall–Kier alpha value is -3.53. The molecule has 1 aliphatic carbocycles. The van der Waals surface area contributed by atoms with Crippen molar-refractivity contribution in [2.75, 3.05) is 10.6 Å². The standard InChI is InChI=1S/C19H22N8O2/c20-14-3-1-2-4-15(14)25-19-22-9-13(16(21)28)17(26-19)24-12-7-5-11(6-8-12)18-27-23-10-29-18/h5-10,14-15H,1-4,20H2,(H2,21,28)(H2,22,24,25,26). The summed E-state index contributed by atoms with van der Waals surface area (Å²) in [5.41, 5.74) is 13.4. The normalized spacial score (nSPS) is 18.9. The van der Waals surface area contributed by atoms with Crippen LogP contribution in [0, 0.1) is 0 Å². The molecule has 1 fully saturated rings. The van der Waals surface area contributed by atoms with Crippen LogP contribution < -0.4 is 22.1 Å². The van der Waals surface area contributed by atoms with Crippen LogP contribution in [0.15, 0.2) is 41.3 Å². The molecule has 2 heterocycles. The number of carbonyl (C=O) groups excluding carboxylic acids is 1. The molecule has 4 rings (SSSR count). The minimum Gasteiger partial charge on any atom is -0.423 e. The van der Waals surface area contributed by atoms with Gasteiger partial charge in [-0.15, -0.1) is 10.2 Å². The van der Waals surface area contributed by atoms with Crippen molar-refractivity contribution < 1.29 is 9.21 Å². The van der Waals surface area contributed by atoms with E-state index in [9.17, 15) is 4.79 Å². The topological polar surface area (TPSA) is 158 Å². The molecule has 1 amide bonds. The molecule has 0 saturated heterocycles. The zero-order valence-electron chi connectivity index (χ0n) is 15.7. The van der Waals surface area contributed by atoms with Crippen LogP contribution in [0.25, 0.3) is 11.5 Å². The maximum Gasteiger partial charge on any atom is 0.254 e. The van der Waals surface area contributed by atoms with E-state index in [4.69, 9.17) is 15.9 Å². The van der Waals surface area contributed by atoms with Crippen molar-refractivity contribution >= 4 is 23.4 Å². The SMILES string of the molecule is NC(=O)c1cnc(NC2CCCCC2N)nc1Nc1ccc(-c2nnco2)cc1. The first kappa shape index (κ1) is 18.8. The van der Waals surface area contributed by atoms with Crippen molar-refractivity contribution in [2.45, 2.75) is 37.8 Å². The second kappa shape index (κ2) is 8.23. The summed E-state index contributed by atoms with van der Waals surface area (Å²) in [6.45, 7) is 0. The number of primary amides is 1. The molecule has 3 aromatic rings. The number of rotatable bonds is 6. The van der Waals surface area contributed by atoms with Crippen molar-refractivity contribution in [3.05, 3.63) is 42.4 Å². The van der Waals surface area contributed by atoms with Crippen LogP contribution in [0.2, 0.25) is 0 Å². The molecule has 0 bridgehead atoms. The molecule has 10 heteroatoms. The van der Waals surface area contributed by atoms with Gasteiger partial charge in [-0.2, -0.15) is 4.98 Å². The van der Waals surface area contributed by atoms with Crippen molar-refractivity contribution in [2.24, 2.45) is 11.5 Å². The van der Waals surface area contributed by atoms with E-state index < -0.39 is 5.91 Å². The number of nitrogens with one attached hydrogen (secondary N) is 2. The van der Waals surface area contributed by atoms with Gasteiger partial charge in [-0.3, -0.25) is 4.79 Å². The van der Waals surface area contributed by atoms with Crippen LogP contribution in [-0.4, -0.2) is 38.2 Å². The number of hydrogen-bond acceptors (Lipinski definition) is 9. The highest BCUT2D eigenvalue weighted by Gasteiger charge is 2.23. The number of nitrogens with two attached hydrogens (primary N) is 2. The minimum atomic E-state index is -0.615. The van der Waals surface area contributed by atoms with E-state index in [1.165, 1.54) is 12.6 Å². The monoisotopic (exact) mass is 394 g/mol. The molecule has 0 spiro atoms. The molecule has 2 aromatic heterocycles. The summed E-state index contributed by atoms with van der Waals surface area (Å²) in [7, 11) is 0. The molecule has 1 aromatic carbocycles. The molecule has 150 valence electrons. The summed E-state index contributed by atoms with van der Waals surface area (Å²) in [5.74, 6) is 0.537. The fourth-order valence-electron chi connectivity index (χ4n) is 3.36. The number of amides is 1. The molecular formula is C19H22N8O2. The quantitative estimate of drug-likeness (QED) is 0.491. The molecule has 6 N–H and O–H groups in total. The van der Waals surface area contributed by atoms with Gasteiger partial charge in [-0.1, -0.05) is 12.8 Å². The van der Waals surface area contributed by atoms with Crippen LogP contribution in [-0.2, 0) is 0 Å². The lowest BCUT2D eigenvalue weighted by molar-refractivity contribution is 0.100. The van der Waals surface area contributed by atoms with E-state index >= 15 is 0 Å². The third kappa shape index (κ3) is 4.32. The van der Waals surface area contributed by atoms with Crippen LogP contribution in [0.3, 0.4) is 0 Å². The number of nitrogens with zero attached hydrogens (tertiary/aromatic N) is 4. The van der Waals surface area contributed by atoms with E-state index in [1.807, 2.05) is 24.3 Å².